The molecule has 0 bridgehead atoms. The highest BCUT2D eigenvalue weighted by atomic mass is 35.5. The summed E-state index contributed by atoms with van der Waals surface area (Å²) in [6.45, 7) is 0.787. The first-order valence-electron chi connectivity index (χ1n) is 10.8. The Kier molecular flexibility index (Phi) is 7.57. The van der Waals surface area contributed by atoms with E-state index in [9.17, 15) is 13.2 Å². The first kappa shape index (κ1) is 24.6. The minimum atomic E-state index is -4.47. The van der Waals surface area contributed by atoms with E-state index in [0.717, 1.165) is 29.7 Å². The molecule has 0 saturated carbocycles. The number of hydrogen-bond acceptors (Lipinski definition) is 6. The molecule has 2 heterocycles. The predicted octanol–water partition coefficient (Wildman–Crippen LogP) is 6.82. The Morgan fingerprint density at radius 2 is 2.03 bits per heavy atom. The van der Waals surface area contributed by atoms with Crippen LogP contribution in [0.4, 0.5) is 30.5 Å². The van der Waals surface area contributed by atoms with Gasteiger partial charge in [0.2, 0.25) is 0 Å². The normalized spacial score (nSPS) is 13.6. The van der Waals surface area contributed by atoms with E-state index in [1.54, 1.807) is 18.2 Å². The number of nitrogens with zero attached hydrogens (tertiary/aromatic N) is 2. The van der Waals surface area contributed by atoms with Crippen molar-refractivity contribution < 1.29 is 23.0 Å². The van der Waals surface area contributed by atoms with Gasteiger partial charge >= 0.3 is 6.18 Å². The van der Waals surface area contributed by atoms with E-state index in [0.29, 0.717) is 30.3 Å². The van der Waals surface area contributed by atoms with E-state index in [2.05, 4.69) is 20.6 Å². The number of aliphatic hydroxyl groups excluding tert-OH is 1. The largest absolute Gasteiger partial charge is 0.456 e. The van der Waals surface area contributed by atoms with Crippen LogP contribution in [-0.4, -0.2) is 28.2 Å². The molecule has 0 spiro atoms. The topological polar surface area (TPSA) is 79.3 Å². The van der Waals surface area contributed by atoms with Gasteiger partial charge in [-0.05, 0) is 60.9 Å². The lowest BCUT2D eigenvalue weighted by Gasteiger charge is -2.14. The van der Waals surface area contributed by atoms with E-state index in [-0.39, 0.29) is 23.1 Å². The second-order valence-electron chi connectivity index (χ2n) is 7.69. The van der Waals surface area contributed by atoms with Crippen LogP contribution in [0.3, 0.4) is 0 Å². The summed E-state index contributed by atoms with van der Waals surface area (Å²) >= 11 is 6.37. The summed E-state index contributed by atoms with van der Waals surface area (Å²) in [7, 11) is 0. The number of aromatic nitrogens is 2. The van der Waals surface area contributed by atoms with Gasteiger partial charge in [-0.15, -0.1) is 0 Å². The van der Waals surface area contributed by atoms with Crippen LogP contribution in [-0.2, 0) is 6.18 Å². The van der Waals surface area contributed by atoms with Crippen LogP contribution in [0.1, 0.15) is 24.0 Å². The van der Waals surface area contributed by atoms with Crippen LogP contribution in [0, 0.1) is 0 Å². The molecule has 10 heteroatoms. The molecule has 0 unspecified atom stereocenters. The zero-order valence-electron chi connectivity index (χ0n) is 18.4. The maximum atomic E-state index is 13.0. The molecule has 2 aromatic carbocycles. The summed E-state index contributed by atoms with van der Waals surface area (Å²) in [5, 5.41) is 15.7. The van der Waals surface area contributed by atoms with Crippen molar-refractivity contribution in [2.45, 2.75) is 19.0 Å². The van der Waals surface area contributed by atoms with Crippen LogP contribution in [0.5, 0.6) is 11.5 Å². The molecule has 1 aromatic heterocycles. The molecule has 0 fully saturated rings. The molecule has 0 amide bonds. The fraction of sp³-hybridized carbons (Fsp3) is 0.200. The van der Waals surface area contributed by atoms with Crippen molar-refractivity contribution >= 4 is 35.0 Å². The molecule has 3 aromatic rings. The van der Waals surface area contributed by atoms with Crippen LogP contribution >= 0.6 is 11.6 Å². The lowest BCUT2D eigenvalue weighted by Crippen LogP contribution is -2.05. The van der Waals surface area contributed by atoms with Gasteiger partial charge in [-0.3, -0.25) is 0 Å². The Labute approximate surface area is 205 Å². The third-order valence-corrected chi connectivity index (χ3v) is 5.43. The van der Waals surface area contributed by atoms with E-state index >= 15 is 0 Å². The number of alkyl halides is 3. The first-order valence-corrected chi connectivity index (χ1v) is 11.2. The number of nitrogens with one attached hydrogen (secondary N) is 2. The molecule has 4 rings (SSSR count). The fourth-order valence-electron chi connectivity index (χ4n) is 3.46. The summed E-state index contributed by atoms with van der Waals surface area (Å²) < 4.78 is 44.5. The highest BCUT2D eigenvalue weighted by molar-refractivity contribution is 6.32. The van der Waals surface area contributed by atoms with Crippen LogP contribution < -0.4 is 15.4 Å². The van der Waals surface area contributed by atoms with Crippen molar-refractivity contribution in [3.05, 3.63) is 82.7 Å². The molecule has 0 atom stereocenters. The fourth-order valence-corrected chi connectivity index (χ4v) is 3.68. The zero-order valence-corrected chi connectivity index (χ0v) is 19.2. The molecule has 0 aliphatic carbocycles. The molecule has 0 saturated heterocycles. The standard InChI is InChI=1S/C25H22ClF3N4O2/c26-21-14-18(7-8-22(21)35-19-6-3-5-17(13-19)25(27,28)29)33-24-20-12-16(4-1-2-11-34)9-10-30-23(20)31-15-32-24/h1,3-8,12-15,34H,2,9-11H2,(H2,30,31,32,33)/b4-1+. The van der Waals surface area contributed by atoms with Crippen molar-refractivity contribution in [2.75, 3.05) is 23.8 Å². The monoisotopic (exact) mass is 502 g/mol. The molecule has 6 nitrogen and oxygen atoms in total. The number of fused-ring (bicyclic) bond motifs is 1. The third-order valence-electron chi connectivity index (χ3n) is 5.13. The van der Waals surface area contributed by atoms with Crippen LogP contribution in [0.15, 0.2) is 66.5 Å². The van der Waals surface area contributed by atoms with Crippen LogP contribution in [0.25, 0.3) is 6.08 Å². The van der Waals surface area contributed by atoms with Gasteiger partial charge in [-0.25, -0.2) is 9.97 Å². The third kappa shape index (κ3) is 6.32. The Hall–Kier alpha value is -3.56. The van der Waals surface area contributed by atoms with Gasteiger partial charge in [0.1, 0.15) is 29.5 Å². The number of hydrogen-bond donors (Lipinski definition) is 3. The Morgan fingerprint density at radius 3 is 2.80 bits per heavy atom. The smallest absolute Gasteiger partial charge is 0.416 e. The van der Waals surface area contributed by atoms with E-state index < -0.39 is 11.7 Å². The number of allylic oxidation sites excluding steroid dienone is 1. The number of aliphatic hydroxyl groups is 1. The average molecular weight is 503 g/mol. The highest BCUT2D eigenvalue weighted by Crippen LogP contribution is 2.36. The Morgan fingerprint density at radius 1 is 1.17 bits per heavy atom. The van der Waals surface area contributed by atoms with E-state index in [1.807, 2.05) is 18.2 Å². The number of anilines is 3. The lowest BCUT2D eigenvalue weighted by atomic mass is 10.1. The number of rotatable bonds is 7. The first-order chi connectivity index (χ1) is 16.8. The minimum Gasteiger partial charge on any atom is -0.456 e. The Bertz CT molecular complexity index is 1260. The molecule has 1 aliphatic heterocycles. The van der Waals surface area contributed by atoms with Gasteiger partial charge in [-0.2, -0.15) is 13.2 Å². The van der Waals surface area contributed by atoms with Crippen LogP contribution in [0.2, 0.25) is 5.02 Å². The Balaban J connectivity index is 1.56. The zero-order chi connectivity index (χ0) is 24.8. The maximum Gasteiger partial charge on any atom is 0.416 e. The quantitative estimate of drug-likeness (QED) is 0.329. The number of ether oxygens (including phenoxy) is 1. The van der Waals surface area contributed by atoms with Gasteiger partial charge in [0, 0.05) is 18.8 Å². The van der Waals surface area contributed by atoms with E-state index in [1.165, 1.54) is 18.5 Å². The van der Waals surface area contributed by atoms with Crippen molar-refractivity contribution in [1.82, 2.24) is 9.97 Å². The van der Waals surface area contributed by atoms with Gasteiger partial charge in [0.25, 0.3) is 0 Å². The van der Waals surface area contributed by atoms with Crippen molar-refractivity contribution in [1.29, 1.82) is 0 Å². The molecular weight excluding hydrogens is 481 g/mol. The van der Waals surface area contributed by atoms with Crippen molar-refractivity contribution in [3.63, 3.8) is 0 Å². The minimum absolute atomic E-state index is 0.0292. The predicted molar refractivity (Wildman–Crippen MR) is 130 cm³/mol. The summed E-state index contributed by atoms with van der Waals surface area (Å²) in [6.07, 6.45) is 4.20. The van der Waals surface area contributed by atoms with E-state index in [4.69, 9.17) is 21.4 Å². The van der Waals surface area contributed by atoms with Gasteiger partial charge < -0.3 is 20.5 Å². The number of benzene rings is 2. The maximum absolute atomic E-state index is 13.0. The molecule has 3 N–H and O–H groups in total. The van der Waals surface area contributed by atoms with Crippen molar-refractivity contribution in [2.24, 2.45) is 0 Å². The molecule has 182 valence electrons. The summed E-state index contributed by atoms with van der Waals surface area (Å²) in [5.41, 5.74) is 1.64. The molecular formula is C25H22ClF3N4O2. The second kappa shape index (κ2) is 10.8. The van der Waals surface area contributed by atoms with Gasteiger partial charge in [0.15, 0.2) is 0 Å². The summed E-state index contributed by atoms with van der Waals surface area (Å²) in [4.78, 5) is 8.68. The molecule has 0 radical (unpaired) electrons. The summed E-state index contributed by atoms with van der Waals surface area (Å²) in [6, 6.07) is 9.47. The van der Waals surface area contributed by atoms with Crippen molar-refractivity contribution in [3.8, 4) is 11.5 Å². The van der Waals surface area contributed by atoms with Gasteiger partial charge in [0.05, 0.1) is 16.1 Å². The summed E-state index contributed by atoms with van der Waals surface area (Å²) in [5.74, 6) is 1.49. The molecule has 1 aliphatic rings. The highest BCUT2D eigenvalue weighted by Gasteiger charge is 2.30. The average Bonchev–Trinajstić information content (AvgIpc) is 3.03. The van der Waals surface area contributed by atoms with Gasteiger partial charge in [-0.1, -0.05) is 29.8 Å². The second-order valence-corrected chi connectivity index (χ2v) is 8.10. The SMILES string of the molecule is OCC/C=C/C1=Cc2c(ncnc2Nc2ccc(Oc3cccc(C(F)(F)F)c3)c(Cl)c2)NCC1. The lowest BCUT2D eigenvalue weighted by molar-refractivity contribution is -0.137. The number of halogens is 4. The molecule has 35 heavy (non-hydrogen) atoms.